The van der Waals surface area contributed by atoms with Crippen LogP contribution in [-0.4, -0.2) is 34.3 Å². The minimum atomic E-state index is -5.07. The fraction of sp³-hybridized carbons (Fsp3) is 0.776. The molecule has 0 bridgehead atoms. The van der Waals surface area contributed by atoms with Gasteiger partial charge in [0.05, 0.1) is 17.1 Å². The SMILES string of the molecule is CCCCCCCCCCCCCCCC(=O)OC(c1cc(C(F)(F)F)nc2c(C(F)(F)F)cccc12)C1CCCCN1C(=O)CCCCCCCCCCCCCCC. The molecule has 0 spiro atoms. The molecule has 5 nitrogen and oxygen atoms in total. The van der Waals surface area contributed by atoms with Gasteiger partial charge >= 0.3 is 18.3 Å². The maximum Gasteiger partial charge on any atom is 0.433 e. The molecule has 0 radical (unpaired) electrons. The van der Waals surface area contributed by atoms with Gasteiger partial charge in [0, 0.05) is 30.3 Å². The summed E-state index contributed by atoms with van der Waals surface area (Å²) in [4.78, 5) is 32.5. The Bertz CT molecular complexity index is 1500. The normalized spacial score (nSPS) is 15.5. The van der Waals surface area contributed by atoms with Crippen LogP contribution in [0.1, 0.15) is 236 Å². The number of nitrogens with zero attached hydrogens (tertiary/aromatic N) is 2. The van der Waals surface area contributed by atoms with E-state index >= 15 is 0 Å². The van der Waals surface area contributed by atoms with Crippen molar-refractivity contribution in [3.05, 3.63) is 41.1 Å². The summed E-state index contributed by atoms with van der Waals surface area (Å²) in [5.41, 5.74) is -3.86. The largest absolute Gasteiger partial charge is 0.455 e. The van der Waals surface area contributed by atoms with Crippen LogP contribution in [-0.2, 0) is 26.7 Å². The number of likely N-dealkylation sites (tertiary alicyclic amines) is 1. The van der Waals surface area contributed by atoms with Crippen molar-refractivity contribution in [1.29, 1.82) is 0 Å². The number of hydrogen-bond acceptors (Lipinski definition) is 4. The van der Waals surface area contributed by atoms with Crippen LogP contribution in [0.25, 0.3) is 10.9 Å². The highest BCUT2D eigenvalue weighted by Gasteiger charge is 2.42. The minimum Gasteiger partial charge on any atom is -0.455 e. The molecule has 1 aliphatic heterocycles. The molecule has 11 heteroatoms. The second-order valence-electron chi connectivity index (χ2n) is 17.3. The van der Waals surface area contributed by atoms with E-state index in [9.17, 15) is 35.9 Å². The first kappa shape index (κ1) is 51.5. The summed E-state index contributed by atoms with van der Waals surface area (Å²) < 4.78 is 91.8. The predicted octanol–water partition coefficient (Wildman–Crippen LogP) is 16.2. The molecule has 60 heavy (non-hydrogen) atoms. The number of para-hydroxylation sites is 1. The highest BCUT2D eigenvalue weighted by Crippen LogP contribution is 2.42. The van der Waals surface area contributed by atoms with Crippen molar-refractivity contribution in [2.45, 2.75) is 237 Å². The molecule has 1 saturated heterocycles. The lowest BCUT2D eigenvalue weighted by molar-refractivity contribution is -0.158. The number of aromatic nitrogens is 1. The number of unbranched alkanes of at least 4 members (excludes halogenated alkanes) is 24. The highest BCUT2D eigenvalue weighted by molar-refractivity contribution is 5.87. The molecule has 2 atom stereocenters. The van der Waals surface area contributed by atoms with Crippen molar-refractivity contribution in [3.8, 4) is 0 Å². The summed E-state index contributed by atoms with van der Waals surface area (Å²) in [7, 11) is 0. The van der Waals surface area contributed by atoms with Crippen LogP contribution in [0.5, 0.6) is 0 Å². The first-order valence-corrected chi connectivity index (χ1v) is 24.0. The topological polar surface area (TPSA) is 59.5 Å². The maximum atomic E-state index is 14.4. The van der Waals surface area contributed by atoms with Crippen LogP contribution in [0.2, 0.25) is 0 Å². The fourth-order valence-electron chi connectivity index (χ4n) is 8.74. The number of benzene rings is 1. The van der Waals surface area contributed by atoms with Gasteiger partial charge in [0.2, 0.25) is 5.91 Å². The van der Waals surface area contributed by atoms with Gasteiger partial charge in [-0.2, -0.15) is 26.3 Å². The number of hydrogen-bond donors (Lipinski definition) is 0. The van der Waals surface area contributed by atoms with E-state index in [0.717, 1.165) is 57.1 Å². The Hall–Kier alpha value is -2.85. The lowest BCUT2D eigenvalue weighted by atomic mass is 9.89. The minimum absolute atomic E-state index is 0.0246. The number of esters is 1. The average Bonchev–Trinajstić information content (AvgIpc) is 3.22. The molecule has 1 aliphatic rings. The number of halogens is 6. The Balaban J connectivity index is 1.69. The van der Waals surface area contributed by atoms with E-state index in [0.29, 0.717) is 44.7 Å². The van der Waals surface area contributed by atoms with Crippen molar-refractivity contribution in [2.24, 2.45) is 0 Å². The number of carbonyl (C=O) groups is 2. The summed E-state index contributed by atoms with van der Waals surface area (Å²) in [5.74, 6) is -0.811. The third kappa shape index (κ3) is 19.0. The zero-order valence-electron chi connectivity index (χ0n) is 37.0. The number of ether oxygens (including phenoxy) is 1. The maximum absolute atomic E-state index is 14.4. The molecule has 1 aromatic carbocycles. The smallest absolute Gasteiger partial charge is 0.433 e. The van der Waals surface area contributed by atoms with Crippen molar-refractivity contribution in [1.82, 2.24) is 9.88 Å². The van der Waals surface area contributed by atoms with Gasteiger partial charge in [-0.3, -0.25) is 9.59 Å². The third-order valence-electron chi connectivity index (χ3n) is 12.2. The Morgan fingerprint density at radius 1 is 0.650 bits per heavy atom. The van der Waals surface area contributed by atoms with E-state index in [-0.39, 0.29) is 29.7 Å². The van der Waals surface area contributed by atoms with Gasteiger partial charge in [0.15, 0.2) is 0 Å². The summed E-state index contributed by atoms with van der Waals surface area (Å²) in [6.07, 6.45) is 20.1. The van der Waals surface area contributed by atoms with Gasteiger partial charge in [-0.25, -0.2) is 4.98 Å². The summed E-state index contributed by atoms with van der Waals surface area (Å²) in [6.45, 7) is 4.77. The van der Waals surface area contributed by atoms with Crippen LogP contribution in [0.4, 0.5) is 26.3 Å². The van der Waals surface area contributed by atoms with Gasteiger partial charge in [-0.05, 0) is 44.2 Å². The van der Waals surface area contributed by atoms with Gasteiger partial charge in [-0.15, -0.1) is 0 Å². The molecule has 0 N–H and O–H groups in total. The number of alkyl halides is 6. The van der Waals surface area contributed by atoms with Crippen LogP contribution in [0, 0.1) is 0 Å². The van der Waals surface area contributed by atoms with Crippen molar-refractivity contribution in [3.63, 3.8) is 0 Å². The molecule has 342 valence electrons. The zero-order chi connectivity index (χ0) is 43.6. The quantitative estimate of drug-likeness (QED) is 0.0431. The molecule has 2 unspecified atom stereocenters. The van der Waals surface area contributed by atoms with E-state index in [2.05, 4.69) is 18.8 Å². The number of pyridine rings is 1. The summed E-state index contributed by atoms with van der Waals surface area (Å²) in [5, 5.41) is -0.175. The first-order chi connectivity index (χ1) is 28.9. The Morgan fingerprint density at radius 3 is 1.58 bits per heavy atom. The summed E-state index contributed by atoms with van der Waals surface area (Å²) >= 11 is 0. The molecular formula is C49H76F6N2O3. The highest BCUT2D eigenvalue weighted by atomic mass is 19.4. The van der Waals surface area contributed by atoms with Gasteiger partial charge in [-0.1, -0.05) is 180 Å². The second kappa shape index (κ2) is 28.7. The van der Waals surface area contributed by atoms with Crippen LogP contribution in [0.15, 0.2) is 24.3 Å². The molecule has 2 heterocycles. The number of rotatable bonds is 31. The summed E-state index contributed by atoms with van der Waals surface area (Å²) in [6, 6.07) is 3.03. The van der Waals surface area contributed by atoms with Crippen LogP contribution in [0.3, 0.4) is 0 Å². The lowest BCUT2D eigenvalue weighted by Gasteiger charge is -2.40. The molecule has 3 rings (SSSR count). The van der Waals surface area contributed by atoms with Gasteiger partial charge in [0.1, 0.15) is 11.8 Å². The molecule has 1 fully saturated rings. The van der Waals surface area contributed by atoms with Crippen molar-refractivity contribution >= 4 is 22.8 Å². The number of amides is 1. The third-order valence-corrected chi connectivity index (χ3v) is 12.2. The van der Waals surface area contributed by atoms with Crippen molar-refractivity contribution < 1.29 is 40.7 Å². The number of carbonyl (C=O) groups excluding carboxylic acids is 2. The Morgan fingerprint density at radius 2 is 1.12 bits per heavy atom. The first-order valence-electron chi connectivity index (χ1n) is 24.0. The standard InChI is InChI=1S/C49H76F6N2O3/c1-3-5-7-9-11-13-15-17-19-21-23-25-27-35-44(58)57-37-30-29-34-42(57)47(60-45(59)36-28-26-24-22-20-18-16-14-12-10-8-6-4-2)40-38-43(49(53,54)55)56-46-39(40)32-31-33-41(46)48(50,51)52/h31-33,38,42,47H,3-30,34-37H2,1-2H3. The monoisotopic (exact) mass is 855 g/mol. The van der Waals surface area contributed by atoms with Gasteiger partial charge < -0.3 is 9.64 Å². The van der Waals surface area contributed by atoms with Crippen LogP contribution < -0.4 is 0 Å². The number of piperidine rings is 1. The predicted molar refractivity (Wildman–Crippen MR) is 231 cm³/mol. The second-order valence-corrected chi connectivity index (χ2v) is 17.3. The lowest BCUT2D eigenvalue weighted by Crippen LogP contribution is -2.47. The molecule has 0 saturated carbocycles. The Kier molecular flexibility index (Phi) is 24.6. The Labute approximate surface area is 357 Å². The van der Waals surface area contributed by atoms with E-state index in [1.807, 2.05) is 0 Å². The molecule has 1 aromatic heterocycles. The fourth-order valence-corrected chi connectivity index (χ4v) is 8.74. The van der Waals surface area contributed by atoms with E-state index < -0.39 is 47.2 Å². The zero-order valence-corrected chi connectivity index (χ0v) is 37.0. The average molecular weight is 855 g/mol. The molecule has 2 aromatic rings. The van der Waals surface area contributed by atoms with E-state index in [1.54, 1.807) is 4.90 Å². The van der Waals surface area contributed by atoms with Gasteiger partial charge in [0.25, 0.3) is 0 Å². The van der Waals surface area contributed by atoms with Crippen molar-refractivity contribution in [2.75, 3.05) is 6.54 Å². The molecule has 1 amide bonds. The van der Waals surface area contributed by atoms with Crippen LogP contribution >= 0.6 is 0 Å². The van der Waals surface area contributed by atoms with E-state index in [4.69, 9.17) is 4.74 Å². The number of fused-ring (bicyclic) bond motifs is 1. The van der Waals surface area contributed by atoms with E-state index in [1.165, 1.54) is 115 Å². The molecule has 0 aliphatic carbocycles. The molecular weight excluding hydrogens is 779 g/mol.